The summed E-state index contributed by atoms with van der Waals surface area (Å²) < 4.78 is 0. The Labute approximate surface area is 154 Å². The topological polar surface area (TPSA) is 69.7 Å². The molecule has 2 aliphatic heterocycles. The second-order valence-corrected chi connectivity index (χ2v) is 7.74. The number of imide groups is 1. The maximum atomic E-state index is 13.0. The lowest BCUT2D eigenvalue weighted by molar-refractivity contribution is -0.142. The largest absolute Gasteiger partial charge is 0.336 e. The number of nitrogens with one attached hydrogen (secondary N) is 1. The maximum absolute atomic E-state index is 13.0. The lowest BCUT2D eigenvalue weighted by atomic mass is 9.91. The van der Waals surface area contributed by atoms with Crippen molar-refractivity contribution < 1.29 is 14.4 Å². The molecule has 6 heteroatoms. The summed E-state index contributed by atoms with van der Waals surface area (Å²) in [5.41, 5.74) is 0.662. The van der Waals surface area contributed by atoms with Crippen LogP contribution in [0.15, 0.2) is 24.3 Å². The molecule has 4 amide bonds. The Morgan fingerprint density at radius 1 is 1.15 bits per heavy atom. The van der Waals surface area contributed by atoms with Crippen molar-refractivity contribution in [1.82, 2.24) is 15.1 Å². The van der Waals surface area contributed by atoms with Crippen molar-refractivity contribution in [3.63, 3.8) is 0 Å². The number of carbonyl (C=O) groups excluding carboxylic acids is 3. The van der Waals surface area contributed by atoms with E-state index in [-0.39, 0.29) is 30.4 Å². The summed E-state index contributed by atoms with van der Waals surface area (Å²) in [6, 6.07) is 7.26. The highest BCUT2D eigenvalue weighted by Crippen LogP contribution is 2.30. The zero-order valence-electron chi connectivity index (χ0n) is 15.9. The summed E-state index contributed by atoms with van der Waals surface area (Å²) in [5, 5.41) is 2.76. The average molecular weight is 357 g/mol. The molecular weight excluding hydrogens is 330 g/mol. The van der Waals surface area contributed by atoms with Gasteiger partial charge in [-0.25, -0.2) is 4.79 Å². The molecule has 6 nitrogen and oxygen atoms in total. The van der Waals surface area contributed by atoms with Crippen LogP contribution in [0, 0.1) is 6.92 Å². The van der Waals surface area contributed by atoms with E-state index in [0.717, 1.165) is 35.3 Å². The van der Waals surface area contributed by atoms with E-state index in [1.807, 2.05) is 49.9 Å². The number of nitrogens with zero attached hydrogens (tertiary/aromatic N) is 2. The van der Waals surface area contributed by atoms with Crippen LogP contribution in [0.5, 0.6) is 0 Å². The van der Waals surface area contributed by atoms with Crippen molar-refractivity contribution in [3.8, 4) is 0 Å². The number of likely N-dealkylation sites (tertiary alicyclic amines) is 1. The van der Waals surface area contributed by atoms with E-state index in [0.29, 0.717) is 0 Å². The highest BCUT2D eigenvalue weighted by molar-refractivity contribution is 6.09. The van der Waals surface area contributed by atoms with Crippen LogP contribution in [0.1, 0.15) is 51.2 Å². The van der Waals surface area contributed by atoms with Gasteiger partial charge in [-0.1, -0.05) is 29.8 Å². The summed E-state index contributed by atoms with van der Waals surface area (Å²) in [7, 11) is 0. The minimum atomic E-state index is -1.13. The third kappa shape index (κ3) is 3.08. The fourth-order valence-electron chi connectivity index (χ4n) is 4.05. The van der Waals surface area contributed by atoms with Crippen LogP contribution in [0.4, 0.5) is 4.79 Å². The smallest absolute Gasteiger partial charge is 0.325 e. The van der Waals surface area contributed by atoms with Crippen molar-refractivity contribution in [3.05, 3.63) is 35.4 Å². The first-order chi connectivity index (χ1) is 12.2. The van der Waals surface area contributed by atoms with Gasteiger partial charge in [0.1, 0.15) is 12.1 Å². The van der Waals surface area contributed by atoms with Gasteiger partial charge in [-0.3, -0.25) is 14.5 Å². The molecule has 3 atom stereocenters. The minimum Gasteiger partial charge on any atom is -0.336 e. The van der Waals surface area contributed by atoms with E-state index in [2.05, 4.69) is 5.32 Å². The predicted molar refractivity (Wildman–Crippen MR) is 98.4 cm³/mol. The van der Waals surface area contributed by atoms with Crippen LogP contribution >= 0.6 is 0 Å². The van der Waals surface area contributed by atoms with Gasteiger partial charge in [0.15, 0.2) is 0 Å². The minimum absolute atomic E-state index is 0.135. The molecule has 2 heterocycles. The second-order valence-electron chi connectivity index (χ2n) is 7.74. The molecule has 2 saturated heterocycles. The summed E-state index contributed by atoms with van der Waals surface area (Å²) in [6.07, 6.45) is 3.01. The van der Waals surface area contributed by atoms with Gasteiger partial charge in [0.05, 0.1) is 0 Å². The molecule has 140 valence electrons. The molecule has 1 aromatic rings. The van der Waals surface area contributed by atoms with E-state index >= 15 is 0 Å². The highest BCUT2D eigenvalue weighted by atomic mass is 16.2. The predicted octanol–water partition coefficient (Wildman–Crippen LogP) is 2.55. The number of amides is 4. The summed E-state index contributed by atoms with van der Waals surface area (Å²) in [6.45, 7) is 7.49. The number of carbonyl (C=O) groups is 3. The second kappa shape index (κ2) is 6.74. The van der Waals surface area contributed by atoms with Crippen molar-refractivity contribution in [1.29, 1.82) is 0 Å². The van der Waals surface area contributed by atoms with Gasteiger partial charge in [-0.15, -0.1) is 0 Å². The first kappa shape index (κ1) is 18.4. The number of aryl methyl sites for hydroxylation is 1. The summed E-state index contributed by atoms with van der Waals surface area (Å²) in [5.74, 6) is -0.543. The van der Waals surface area contributed by atoms with Crippen molar-refractivity contribution in [2.75, 3.05) is 6.54 Å². The molecule has 2 aliphatic rings. The Balaban J connectivity index is 1.79. The van der Waals surface area contributed by atoms with Crippen molar-refractivity contribution in [2.24, 2.45) is 0 Å². The van der Waals surface area contributed by atoms with Gasteiger partial charge in [0.25, 0.3) is 5.91 Å². The summed E-state index contributed by atoms with van der Waals surface area (Å²) >= 11 is 0. The Kier molecular flexibility index (Phi) is 4.78. The molecule has 3 rings (SSSR count). The Morgan fingerprint density at radius 3 is 2.31 bits per heavy atom. The van der Waals surface area contributed by atoms with Crippen molar-refractivity contribution in [2.45, 2.75) is 64.6 Å². The van der Waals surface area contributed by atoms with Crippen LogP contribution in [0.2, 0.25) is 0 Å². The molecule has 0 radical (unpaired) electrons. The van der Waals surface area contributed by atoms with Crippen LogP contribution in [0.3, 0.4) is 0 Å². The maximum Gasteiger partial charge on any atom is 0.325 e. The van der Waals surface area contributed by atoms with Gasteiger partial charge < -0.3 is 10.2 Å². The molecule has 0 saturated carbocycles. The third-order valence-corrected chi connectivity index (χ3v) is 5.68. The van der Waals surface area contributed by atoms with Gasteiger partial charge in [0, 0.05) is 12.1 Å². The third-order valence-electron chi connectivity index (χ3n) is 5.68. The summed E-state index contributed by atoms with van der Waals surface area (Å²) in [4.78, 5) is 41.1. The zero-order valence-corrected chi connectivity index (χ0v) is 15.9. The fourth-order valence-corrected chi connectivity index (χ4v) is 4.05. The molecule has 0 aromatic heterocycles. The number of piperidine rings is 1. The number of benzene rings is 1. The molecular formula is C20H27N3O3. The van der Waals surface area contributed by atoms with E-state index in [1.54, 1.807) is 6.92 Å². The quantitative estimate of drug-likeness (QED) is 0.845. The average Bonchev–Trinajstić information content (AvgIpc) is 2.79. The first-order valence-corrected chi connectivity index (χ1v) is 9.26. The Hall–Kier alpha value is -2.37. The van der Waals surface area contributed by atoms with Crippen molar-refractivity contribution >= 4 is 17.8 Å². The number of urea groups is 1. The molecule has 0 spiro atoms. The van der Waals surface area contributed by atoms with Crippen LogP contribution in [-0.4, -0.2) is 46.3 Å². The van der Waals surface area contributed by atoms with E-state index in [9.17, 15) is 14.4 Å². The fraction of sp³-hybridized carbons (Fsp3) is 0.550. The Morgan fingerprint density at radius 2 is 1.73 bits per heavy atom. The monoisotopic (exact) mass is 357 g/mol. The molecule has 1 N–H and O–H groups in total. The SMILES string of the molecule is Cc1ccc(C2(C)NC(=O)N(CC(=O)N3C(C)CCCC3C)C2=O)cc1. The zero-order chi connectivity index (χ0) is 19.1. The molecule has 26 heavy (non-hydrogen) atoms. The molecule has 1 aromatic carbocycles. The molecule has 2 fully saturated rings. The van der Waals surface area contributed by atoms with Crippen LogP contribution in [-0.2, 0) is 15.1 Å². The standard InChI is InChI=1S/C20H27N3O3/c1-13-8-10-16(11-9-13)20(4)18(25)22(19(26)21-20)12-17(24)23-14(2)6-5-7-15(23)3/h8-11,14-15H,5-7,12H2,1-4H3,(H,21,26). The van der Waals surface area contributed by atoms with E-state index < -0.39 is 11.6 Å². The normalized spacial score (nSPS) is 29.1. The molecule has 3 unspecified atom stereocenters. The lowest BCUT2D eigenvalue weighted by Crippen LogP contribution is -2.52. The molecule has 0 aliphatic carbocycles. The Bertz CT molecular complexity index is 720. The van der Waals surface area contributed by atoms with Crippen LogP contribution < -0.4 is 5.32 Å². The number of rotatable bonds is 3. The van der Waals surface area contributed by atoms with E-state index in [1.165, 1.54) is 0 Å². The van der Waals surface area contributed by atoms with Gasteiger partial charge >= 0.3 is 6.03 Å². The number of hydrogen-bond acceptors (Lipinski definition) is 3. The first-order valence-electron chi connectivity index (χ1n) is 9.26. The van der Waals surface area contributed by atoms with Gasteiger partial charge in [-0.05, 0) is 52.5 Å². The van der Waals surface area contributed by atoms with Gasteiger partial charge in [-0.2, -0.15) is 0 Å². The van der Waals surface area contributed by atoms with Crippen LogP contribution in [0.25, 0.3) is 0 Å². The number of hydrogen-bond donors (Lipinski definition) is 1. The van der Waals surface area contributed by atoms with E-state index in [4.69, 9.17) is 0 Å². The molecule has 0 bridgehead atoms. The van der Waals surface area contributed by atoms with Gasteiger partial charge in [0.2, 0.25) is 5.91 Å². The lowest BCUT2D eigenvalue weighted by Gasteiger charge is -2.39. The highest BCUT2D eigenvalue weighted by Gasteiger charge is 2.50.